The van der Waals surface area contributed by atoms with E-state index < -0.39 is 0 Å². The topological polar surface area (TPSA) is 127 Å². The van der Waals surface area contributed by atoms with Gasteiger partial charge in [0.2, 0.25) is 0 Å². The van der Waals surface area contributed by atoms with E-state index in [2.05, 4.69) is 44.7 Å². The Morgan fingerprint density at radius 1 is 1.31 bits per heavy atom. The molecule has 1 amide bonds. The Bertz CT molecular complexity index is 865. The molecule has 3 rings (SSSR count). The second kappa shape index (κ2) is 7.87. The molecule has 0 bridgehead atoms. The van der Waals surface area contributed by atoms with Crippen molar-refractivity contribution in [3.8, 4) is 11.4 Å². The summed E-state index contributed by atoms with van der Waals surface area (Å²) in [5.41, 5.74) is 7.30. The van der Waals surface area contributed by atoms with Gasteiger partial charge >= 0.3 is 0 Å². The number of hydrogen-bond donors (Lipinski definition) is 3. The number of aryl methyl sites for hydroxylation is 1. The quantitative estimate of drug-likeness (QED) is 0.594. The van der Waals surface area contributed by atoms with Gasteiger partial charge in [-0.1, -0.05) is 19.1 Å². The zero-order valence-electron chi connectivity index (χ0n) is 14.8. The molecule has 0 fully saturated rings. The lowest BCUT2D eigenvalue weighted by Crippen LogP contribution is -2.12. The lowest BCUT2D eigenvalue weighted by Gasteiger charge is -2.04. The van der Waals surface area contributed by atoms with Gasteiger partial charge in [0, 0.05) is 17.8 Å². The molecule has 0 saturated carbocycles. The molecule has 136 valence electrons. The van der Waals surface area contributed by atoms with Crippen LogP contribution in [0.3, 0.4) is 0 Å². The van der Waals surface area contributed by atoms with Crippen LogP contribution < -0.4 is 11.1 Å². The predicted octanol–water partition coefficient (Wildman–Crippen LogP) is 1.82. The lowest BCUT2D eigenvalue weighted by atomic mass is 10.1. The highest BCUT2D eigenvalue weighted by Crippen LogP contribution is 2.18. The minimum Gasteiger partial charge on any atom is -0.324 e. The van der Waals surface area contributed by atoms with Gasteiger partial charge in [0.1, 0.15) is 5.82 Å². The predicted molar refractivity (Wildman–Crippen MR) is 97.1 cm³/mol. The summed E-state index contributed by atoms with van der Waals surface area (Å²) >= 11 is 0. The summed E-state index contributed by atoms with van der Waals surface area (Å²) in [6.07, 6.45) is 2.65. The van der Waals surface area contributed by atoms with Crippen LogP contribution in [0.25, 0.3) is 11.4 Å². The van der Waals surface area contributed by atoms with Crippen LogP contribution in [0.4, 0.5) is 5.69 Å². The molecule has 0 unspecified atom stereocenters. The number of rotatable bonds is 7. The number of anilines is 1. The molecule has 0 aliphatic heterocycles. The highest BCUT2D eigenvalue weighted by Gasteiger charge is 2.12. The maximum atomic E-state index is 12.3. The van der Waals surface area contributed by atoms with E-state index in [0.717, 1.165) is 18.5 Å². The average molecular weight is 354 g/mol. The van der Waals surface area contributed by atoms with Crippen LogP contribution in [0.5, 0.6) is 0 Å². The SMILES string of the molecule is CC(C)CCn1cc(C(=O)Nc2ccc(-c3n[nH]c(CN)n3)cc2)nn1. The molecule has 9 heteroatoms. The zero-order valence-corrected chi connectivity index (χ0v) is 14.8. The van der Waals surface area contributed by atoms with Crippen LogP contribution in [-0.2, 0) is 13.1 Å². The van der Waals surface area contributed by atoms with Crippen molar-refractivity contribution in [2.45, 2.75) is 33.4 Å². The molecule has 0 aliphatic carbocycles. The fourth-order valence-corrected chi connectivity index (χ4v) is 2.32. The fraction of sp³-hybridized carbons (Fsp3) is 0.353. The minimum atomic E-state index is -0.295. The minimum absolute atomic E-state index is 0.291. The van der Waals surface area contributed by atoms with E-state index in [0.29, 0.717) is 35.5 Å². The number of amides is 1. The first-order valence-corrected chi connectivity index (χ1v) is 8.48. The standard InChI is InChI=1S/C17H22N8O/c1-11(2)7-8-25-10-14(21-24-25)17(26)19-13-5-3-12(4-6-13)16-20-15(9-18)22-23-16/h3-6,10-11H,7-9,18H2,1-2H3,(H,19,26)(H,20,22,23). The second-order valence-electron chi connectivity index (χ2n) is 6.39. The fourth-order valence-electron chi connectivity index (χ4n) is 2.32. The molecule has 4 N–H and O–H groups in total. The number of aromatic amines is 1. The molecule has 2 heterocycles. The number of carbonyl (C=O) groups is 1. The maximum absolute atomic E-state index is 12.3. The molecular formula is C17H22N8O. The monoisotopic (exact) mass is 354 g/mol. The number of benzene rings is 1. The van der Waals surface area contributed by atoms with E-state index >= 15 is 0 Å². The molecule has 1 aromatic carbocycles. The van der Waals surface area contributed by atoms with E-state index in [4.69, 9.17) is 5.73 Å². The van der Waals surface area contributed by atoms with Crippen molar-refractivity contribution in [2.24, 2.45) is 11.7 Å². The smallest absolute Gasteiger partial charge is 0.277 e. The second-order valence-corrected chi connectivity index (χ2v) is 6.39. The van der Waals surface area contributed by atoms with E-state index in [1.165, 1.54) is 0 Å². The van der Waals surface area contributed by atoms with Crippen molar-refractivity contribution >= 4 is 11.6 Å². The van der Waals surface area contributed by atoms with E-state index in [1.807, 2.05) is 12.1 Å². The third-order valence-corrected chi connectivity index (χ3v) is 3.83. The Labute approximate surface area is 151 Å². The summed E-state index contributed by atoms with van der Waals surface area (Å²) < 4.78 is 1.69. The number of nitrogens with one attached hydrogen (secondary N) is 2. The zero-order chi connectivity index (χ0) is 18.5. The first kappa shape index (κ1) is 17.7. The molecule has 26 heavy (non-hydrogen) atoms. The van der Waals surface area contributed by atoms with Crippen LogP contribution in [0.15, 0.2) is 30.5 Å². The van der Waals surface area contributed by atoms with Gasteiger partial charge in [-0.15, -0.1) is 5.10 Å². The van der Waals surface area contributed by atoms with E-state index in [9.17, 15) is 4.79 Å². The van der Waals surface area contributed by atoms with Crippen molar-refractivity contribution in [2.75, 3.05) is 5.32 Å². The molecule has 0 saturated heterocycles. The lowest BCUT2D eigenvalue weighted by molar-refractivity contribution is 0.102. The van der Waals surface area contributed by atoms with Gasteiger partial charge in [0.25, 0.3) is 5.91 Å². The average Bonchev–Trinajstić information content (AvgIpc) is 3.30. The number of hydrogen-bond acceptors (Lipinski definition) is 6. The molecule has 0 spiro atoms. The first-order chi connectivity index (χ1) is 12.5. The molecule has 3 aromatic rings. The van der Waals surface area contributed by atoms with Crippen LogP contribution in [-0.4, -0.2) is 36.1 Å². The van der Waals surface area contributed by atoms with Crippen LogP contribution in [0.1, 0.15) is 36.6 Å². The molecule has 9 nitrogen and oxygen atoms in total. The third kappa shape index (κ3) is 4.31. The Hall–Kier alpha value is -3.07. The van der Waals surface area contributed by atoms with Gasteiger partial charge in [0.15, 0.2) is 11.5 Å². The highest BCUT2D eigenvalue weighted by atomic mass is 16.2. The molecular weight excluding hydrogens is 332 g/mol. The molecule has 0 radical (unpaired) electrons. The van der Waals surface area contributed by atoms with Crippen LogP contribution >= 0.6 is 0 Å². The Morgan fingerprint density at radius 2 is 2.08 bits per heavy atom. The van der Waals surface area contributed by atoms with Gasteiger partial charge in [-0.2, -0.15) is 5.10 Å². The van der Waals surface area contributed by atoms with Crippen LogP contribution in [0, 0.1) is 5.92 Å². The largest absolute Gasteiger partial charge is 0.324 e. The van der Waals surface area contributed by atoms with E-state index in [-0.39, 0.29) is 5.91 Å². The van der Waals surface area contributed by atoms with Crippen molar-refractivity contribution in [3.63, 3.8) is 0 Å². The summed E-state index contributed by atoms with van der Waals surface area (Å²) in [5.74, 6) is 1.46. The number of carbonyl (C=O) groups excluding carboxylic acids is 1. The van der Waals surface area contributed by atoms with Crippen molar-refractivity contribution in [3.05, 3.63) is 42.0 Å². The van der Waals surface area contributed by atoms with Gasteiger partial charge in [-0.05, 0) is 36.6 Å². The van der Waals surface area contributed by atoms with Gasteiger partial charge in [0.05, 0.1) is 12.7 Å². The Kier molecular flexibility index (Phi) is 5.37. The summed E-state index contributed by atoms with van der Waals surface area (Å²) in [4.78, 5) is 16.6. The summed E-state index contributed by atoms with van der Waals surface area (Å²) in [6, 6.07) is 7.24. The van der Waals surface area contributed by atoms with Crippen molar-refractivity contribution in [1.82, 2.24) is 30.2 Å². The molecule has 0 aliphatic rings. The third-order valence-electron chi connectivity index (χ3n) is 3.83. The van der Waals surface area contributed by atoms with Gasteiger partial charge < -0.3 is 11.1 Å². The highest BCUT2D eigenvalue weighted by molar-refractivity contribution is 6.02. The van der Waals surface area contributed by atoms with Crippen molar-refractivity contribution in [1.29, 1.82) is 0 Å². The summed E-state index contributed by atoms with van der Waals surface area (Å²) in [7, 11) is 0. The number of H-pyrrole nitrogens is 1. The molecule has 0 atom stereocenters. The normalized spacial score (nSPS) is 11.1. The van der Waals surface area contributed by atoms with Crippen LogP contribution in [0.2, 0.25) is 0 Å². The molecule has 2 aromatic heterocycles. The summed E-state index contributed by atoms with van der Waals surface area (Å²) in [6.45, 7) is 5.33. The number of aromatic nitrogens is 6. The Morgan fingerprint density at radius 3 is 2.73 bits per heavy atom. The van der Waals surface area contributed by atoms with Gasteiger partial charge in [-0.3, -0.25) is 14.6 Å². The summed E-state index contributed by atoms with van der Waals surface area (Å²) in [5, 5.41) is 17.6. The van der Waals surface area contributed by atoms with E-state index in [1.54, 1.807) is 23.0 Å². The number of nitrogens with two attached hydrogens (primary N) is 1. The first-order valence-electron chi connectivity index (χ1n) is 8.48. The van der Waals surface area contributed by atoms with Gasteiger partial charge in [-0.25, -0.2) is 4.98 Å². The van der Waals surface area contributed by atoms with Crippen molar-refractivity contribution < 1.29 is 4.79 Å². The maximum Gasteiger partial charge on any atom is 0.277 e. The number of nitrogens with zero attached hydrogens (tertiary/aromatic N) is 5. The Balaban J connectivity index is 1.62.